The van der Waals surface area contributed by atoms with Gasteiger partial charge in [0, 0.05) is 14.6 Å². The van der Waals surface area contributed by atoms with Crippen LogP contribution >= 0.6 is 31.9 Å². The van der Waals surface area contributed by atoms with Gasteiger partial charge in [0.15, 0.2) is 0 Å². The third-order valence-corrected chi connectivity index (χ3v) is 5.15. The second kappa shape index (κ2) is 5.60. The van der Waals surface area contributed by atoms with Gasteiger partial charge in [0.05, 0.1) is 0 Å². The van der Waals surface area contributed by atoms with Crippen molar-refractivity contribution in [3.8, 4) is 0 Å². The first-order chi connectivity index (χ1) is 8.88. The van der Waals surface area contributed by atoms with Gasteiger partial charge in [0.25, 0.3) is 10.0 Å². The smallest absolute Gasteiger partial charge is 0.263 e. The highest BCUT2D eigenvalue weighted by Gasteiger charge is 2.18. The molecular weight excluding hydrogens is 396 g/mol. The van der Waals surface area contributed by atoms with E-state index in [1.807, 2.05) is 0 Å². The van der Waals surface area contributed by atoms with Crippen molar-refractivity contribution in [1.29, 1.82) is 0 Å². The van der Waals surface area contributed by atoms with Crippen molar-refractivity contribution in [2.24, 2.45) is 0 Å². The molecule has 1 aromatic heterocycles. The minimum Gasteiger partial charge on any atom is -0.263 e. The van der Waals surface area contributed by atoms with Crippen molar-refractivity contribution in [3.63, 3.8) is 0 Å². The van der Waals surface area contributed by atoms with Crippen molar-refractivity contribution in [2.45, 2.75) is 11.8 Å². The second-order valence-corrected chi connectivity index (χ2v) is 7.27. The highest BCUT2D eigenvalue weighted by molar-refractivity contribution is 9.11. The molecule has 0 saturated carbocycles. The van der Waals surface area contributed by atoms with E-state index in [1.54, 1.807) is 37.3 Å². The van der Waals surface area contributed by atoms with Gasteiger partial charge in [-0.3, -0.25) is 4.72 Å². The van der Waals surface area contributed by atoms with Crippen molar-refractivity contribution < 1.29 is 8.42 Å². The molecule has 1 N–H and O–H groups in total. The van der Waals surface area contributed by atoms with Crippen molar-refractivity contribution in [1.82, 2.24) is 4.98 Å². The average Bonchev–Trinajstić information content (AvgIpc) is 2.31. The fourth-order valence-corrected chi connectivity index (χ4v) is 3.98. The summed E-state index contributed by atoms with van der Waals surface area (Å²) in [7, 11) is -3.67. The maximum absolute atomic E-state index is 12.3. The van der Waals surface area contributed by atoms with Crippen LogP contribution in [0.4, 0.5) is 5.82 Å². The molecule has 0 fully saturated rings. The monoisotopic (exact) mass is 404 g/mol. The predicted octanol–water partition coefficient (Wildman–Crippen LogP) is 3.72. The number of sulfonamides is 1. The van der Waals surface area contributed by atoms with Crippen LogP contribution in [0.1, 0.15) is 5.69 Å². The van der Waals surface area contributed by atoms with Gasteiger partial charge in [0.1, 0.15) is 10.7 Å². The Labute approximate surface area is 128 Å². The van der Waals surface area contributed by atoms with E-state index in [1.165, 1.54) is 6.07 Å². The first-order valence-electron chi connectivity index (χ1n) is 5.30. The molecule has 2 rings (SSSR count). The molecule has 0 unspecified atom stereocenters. The molecule has 0 aliphatic heterocycles. The molecule has 0 amide bonds. The number of rotatable bonds is 3. The molecule has 2 aromatic rings. The summed E-state index contributed by atoms with van der Waals surface area (Å²) in [5.74, 6) is 0.298. The van der Waals surface area contributed by atoms with Gasteiger partial charge < -0.3 is 0 Å². The molecule has 1 heterocycles. The number of hydrogen-bond acceptors (Lipinski definition) is 3. The lowest BCUT2D eigenvalue weighted by Gasteiger charge is -2.09. The summed E-state index contributed by atoms with van der Waals surface area (Å²) in [5, 5.41) is 0. The number of aromatic nitrogens is 1. The fourth-order valence-electron chi connectivity index (χ4n) is 1.48. The zero-order valence-electron chi connectivity index (χ0n) is 9.89. The van der Waals surface area contributed by atoms with E-state index >= 15 is 0 Å². The van der Waals surface area contributed by atoms with Crippen LogP contribution in [0.3, 0.4) is 0 Å². The van der Waals surface area contributed by atoms with E-state index in [2.05, 4.69) is 41.6 Å². The quantitative estimate of drug-likeness (QED) is 0.846. The Morgan fingerprint density at radius 1 is 1.16 bits per heavy atom. The minimum absolute atomic E-state index is 0.158. The molecule has 19 heavy (non-hydrogen) atoms. The van der Waals surface area contributed by atoms with Gasteiger partial charge in [-0.25, -0.2) is 13.4 Å². The summed E-state index contributed by atoms with van der Waals surface area (Å²) in [6.07, 6.45) is 0. The van der Waals surface area contributed by atoms with E-state index in [0.29, 0.717) is 14.8 Å². The molecule has 0 atom stereocenters. The lowest BCUT2D eigenvalue weighted by Crippen LogP contribution is -2.14. The zero-order valence-corrected chi connectivity index (χ0v) is 13.9. The van der Waals surface area contributed by atoms with Crippen LogP contribution in [0, 0.1) is 6.92 Å². The first kappa shape index (κ1) is 14.5. The summed E-state index contributed by atoms with van der Waals surface area (Å²) in [6, 6.07) is 10.1. The molecule has 100 valence electrons. The van der Waals surface area contributed by atoms with E-state index in [0.717, 1.165) is 5.69 Å². The van der Waals surface area contributed by atoms with Crippen molar-refractivity contribution >= 4 is 47.7 Å². The van der Waals surface area contributed by atoms with Crippen LogP contribution in [0.5, 0.6) is 0 Å². The Kier molecular flexibility index (Phi) is 4.27. The number of nitrogens with one attached hydrogen (secondary N) is 1. The zero-order chi connectivity index (χ0) is 14.0. The normalized spacial score (nSPS) is 11.3. The summed E-state index contributed by atoms with van der Waals surface area (Å²) in [5.41, 5.74) is 0.744. The standard InChI is InChI=1S/C12H10Br2N2O2S/c1-8-3-2-4-12(15-8)16-19(17,18)11-7-9(13)5-6-10(11)14/h2-7H,1H3,(H,15,16). The van der Waals surface area contributed by atoms with Crippen LogP contribution in [0.15, 0.2) is 50.2 Å². The van der Waals surface area contributed by atoms with Gasteiger partial charge in [-0.2, -0.15) is 0 Å². The topological polar surface area (TPSA) is 59.1 Å². The average molecular weight is 406 g/mol. The largest absolute Gasteiger partial charge is 0.264 e. The van der Waals surface area contributed by atoms with Gasteiger partial charge in [-0.15, -0.1) is 0 Å². The first-order valence-corrected chi connectivity index (χ1v) is 8.37. The number of anilines is 1. The summed E-state index contributed by atoms with van der Waals surface area (Å²) < 4.78 is 28.2. The molecule has 0 bridgehead atoms. The molecule has 0 aliphatic carbocycles. The molecule has 7 heteroatoms. The molecule has 0 spiro atoms. The summed E-state index contributed by atoms with van der Waals surface area (Å²) >= 11 is 6.49. The van der Waals surface area contributed by atoms with Gasteiger partial charge in [0.2, 0.25) is 0 Å². The molecule has 0 aliphatic rings. The van der Waals surface area contributed by atoms with Crippen molar-refractivity contribution in [3.05, 3.63) is 51.0 Å². The van der Waals surface area contributed by atoms with Crippen LogP contribution in [0.2, 0.25) is 0 Å². The summed E-state index contributed by atoms with van der Waals surface area (Å²) in [6.45, 7) is 1.80. The van der Waals surface area contributed by atoms with Crippen LogP contribution in [0.25, 0.3) is 0 Å². The highest BCUT2D eigenvalue weighted by atomic mass is 79.9. The molecular formula is C12H10Br2N2O2S. The van der Waals surface area contributed by atoms with Gasteiger partial charge >= 0.3 is 0 Å². The Bertz CT molecular complexity index is 717. The Hall–Kier alpha value is -0.920. The molecule has 0 saturated heterocycles. The lowest BCUT2D eigenvalue weighted by atomic mass is 10.4. The van der Waals surface area contributed by atoms with Crippen LogP contribution in [-0.2, 0) is 10.0 Å². The second-order valence-electron chi connectivity index (χ2n) is 3.84. The van der Waals surface area contributed by atoms with Crippen LogP contribution in [-0.4, -0.2) is 13.4 Å². The number of benzene rings is 1. The Balaban J connectivity index is 2.40. The number of halogens is 2. The maximum Gasteiger partial charge on any atom is 0.264 e. The lowest BCUT2D eigenvalue weighted by molar-refractivity contribution is 0.600. The molecule has 1 aromatic carbocycles. The maximum atomic E-state index is 12.3. The third-order valence-electron chi connectivity index (χ3n) is 2.31. The van der Waals surface area contributed by atoms with Gasteiger partial charge in [-0.05, 0) is 53.2 Å². The number of pyridine rings is 1. The molecule has 4 nitrogen and oxygen atoms in total. The van der Waals surface area contributed by atoms with E-state index in [9.17, 15) is 8.42 Å². The number of aryl methyl sites for hydroxylation is 1. The Morgan fingerprint density at radius 2 is 1.89 bits per heavy atom. The summed E-state index contributed by atoms with van der Waals surface area (Å²) in [4.78, 5) is 4.28. The van der Waals surface area contributed by atoms with Crippen LogP contribution < -0.4 is 4.72 Å². The number of nitrogens with zero attached hydrogens (tertiary/aromatic N) is 1. The van der Waals surface area contributed by atoms with Gasteiger partial charge in [-0.1, -0.05) is 22.0 Å². The SMILES string of the molecule is Cc1cccc(NS(=O)(=O)c2cc(Br)ccc2Br)n1. The van der Waals surface area contributed by atoms with E-state index in [-0.39, 0.29) is 4.90 Å². The third kappa shape index (κ3) is 3.55. The number of hydrogen-bond donors (Lipinski definition) is 1. The van der Waals surface area contributed by atoms with Crippen molar-refractivity contribution in [2.75, 3.05) is 4.72 Å². The van der Waals surface area contributed by atoms with E-state index in [4.69, 9.17) is 0 Å². The minimum atomic E-state index is -3.67. The predicted molar refractivity (Wildman–Crippen MR) is 81.6 cm³/mol. The highest BCUT2D eigenvalue weighted by Crippen LogP contribution is 2.27. The Morgan fingerprint density at radius 3 is 2.58 bits per heavy atom. The fraction of sp³-hybridized carbons (Fsp3) is 0.0833. The molecule has 0 radical (unpaired) electrons. The van der Waals surface area contributed by atoms with E-state index < -0.39 is 10.0 Å².